The fraction of sp³-hybridized carbons (Fsp3) is 0.267. The standard InChI is InChI=1S/C15H13F2NO5S2/c1-22-10-6-8(2-3-9(10)23-14(16)17)7-11-13(21)18(15(24)25-11)5-4-12(19)20/h2-3,6-7,14H,4-5H2,1H3,(H,19,20)/b11-7-. The smallest absolute Gasteiger partial charge is 0.387 e. The number of thioether (sulfide) groups is 1. The first-order chi connectivity index (χ1) is 11.8. The summed E-state index contributed by atoms with van der Waals surface area (Å²) in [6.45, 7) is -2.99. The Morgan fingerprint density at radius 1 is 1.44 bits per heavy atom. The highest BCUT2D eigenvalue weighted by Crippen LogP contribution is 2.35. The van der Waals surface area contributed by atoms with Crippen LogP contribution in [0, 0.1) is 0 Å². The topological polar surface area (TPSA) is 76.1 Å². The molecule has 1 aromatic rings. The molecular weight excluding hydrogens is 376 g/mol. The van der Waals surface area contributed by atoms with Crippen LogP contribution < -0.4 is 9.47 Å². The highest BCUT2D eigenvalue weighted by atomic mass is 32.2. The average molecular weight is 389 g/mol. The van der Waals surface area contributed by atoms with E-state index in [1.807, 2.05) is 0 Å². The second-order valence-electron chi connectivity index (χ2n) is 4.77. The molecule has 1 aliphatic rings. The molecule has 1 fully saturated rings. The van der Waals surface area contributed by atoms with Crippen molar-refractivity contribution in [3.63, 3.8) is 0 Å². The number of carboxylic acid groups (broad SMARTS) is 1. The SMILES string of the molecule is COc1cc(/C=C2\SC(=S)N(CCC(=O)O)C2=O)ccc1OC(F)F. The minimum atomic E-state index is -2.98. The Labute approximate surface area is 151 Å². The predicted octanol–water partition coefficient (Wildman–Crippen LogP) is 2.97. The zero-order valence-corrected chi connectivity index (χ0v) is 14.5. The van der Waals surface area contributed by atoms with Gasteiger partial charge in [0.15, 0.2) is 11.5 Å². The van der Waals surface area contributed by atoms with E-state index in [0.29, 0.717) is 10.5 Å². The number of carboxylic acids is 1. The van der Waals surface area contributed by atoms with Gasteiger partial charge in [0, 0.05) is 6.54 Å². The molecule has 0 unspecified atom stereocenters. The minimum absolute atomic E-state index is 0.0121. The quantitative estimate of drug-likeness (QED) is 0.568. The van der Waals surface area contributed by atoms with Crippen LogP contribution in [0.3, 0.4) is 0 Å². The summed E-state index contributed by atoms with van der Waals surface area (Å²) in [6.07, 6.45) is 1.31. The molecule has 1 saturated heterocycles. The monoisotopic (exact) mass is 389 g/mol. The van der Waals surface area contributed by atoms with Crippen LogP contribution in [-0.2, 0) is 9.59 Å². The molecule has 1 N–H and O–H groups in total. The van der Waals surface area contributed by atoms with Crippen molar-refractivity contribution in [3.05, 3.63) is 28.7 Å². The van der Waals surface area contributed by atoms with Crippen molar-refractivity contribution in [1.29, 1.82) is 0 Å². The van der Waals surface area contributed by atoms with E-state index in [9.17, 15) is 18.4 Å². The minimum Gasteiger partial charge on any atom is -0.493 e. The molecule has 0 spiro atoms. The molecule has 0 aromatic heterocycles. The van der Waals surface area contributed by atoms with Gasteiger partial charge in [-0.05, 0) is 23.8 Å². The number of carbonyl (C=O) groups is 2. The molecular formula is C15H13F2NO5S2. The summed E-state index contributed by atoms with van der Waals surface area (Å²) in [5, 5.41) is 8.71. The molecule has 6 nitrogen and oxygen atoms in total. The summed E-state index contributed by atoms with van der Waals surface area (Å²) < 4.78 is 34.3. The average Bonchev–Trinajstić information content (AvgIpc) is 2.80. The highest BCUT2D eigenvalue weighted by Gasteiger charge is 2.32. The zero-order chi connectivity index (χ0) is 18.6. The summed E-state index contributed by atoms with van der Waals surface area (Å²) in [4.78, 5) is 24.5. The van der Waals surface area contributed by atoms with Gasteiger partial charge in [-0.15, -0.1) is 0 Å². The van der Waals surface area contributed by atoms with Crippen LogP contribution >= 0.6 is 24.0 Å². The number of benzene rings is 1. The maximum absolute atomic E-state index is 12.3. The first-order valence-electron chi connectivity index (χ1n) is 6.92. The first-order valence-corrected chi connectivity index (χ1v) is 8.14. The van der Waals surface area contributed by atoms with Gasteiger partial charge >= 0.3 is 12.6 Å². The molecule has 1 aliphatic heterocycles. The first kappa shape index (κ1) is 19.1. The van der Waals surface area contributed by atoms with E-state index < -0.39 is 18.5 Å². The number of amides is 1. The number of methoxy groups -OCH3 is 1. The number of hydrogen-bond acceptors (Lipinski definition) is 6. The summed E-state index contributed by atoms with van der Waals surface area (Å²) in [5.74, 6) is -1.46. The Balaban J connectivity index is 2.21. The molecule has 2 rings (SSSR count). The number of alkyl halides is 2. The van der Waals surface area contributed by atoms with Gasteiger partial charge in [0.05, 0.1) is 18.4 Å². The van der Waals surface area contributed by atoms with E-state index in [4.69, 9.17) is 22.1 Å². The van der Waals surface area contributed by atoms with Crippen LogP contribution in [0.5, 0.6) is 11.5 Å². The molecule has 0 aliphatic carbocycles. The molecule has 0 bridgehead atoms. The lowest BCUT2D eigenvalue weighted by atomic mass is 10.2. The number of halogens is 2. The third-order valence-electron chi connectivity index (χ3n) is 3.12. The van der Waals surface area contributed by atoms with E-state index in [1.54, 1.807) is 0 Å². The van der Waals surface area contributed by atoms with Crippen LogP contribution in [0.4, 0.5) is 8.78 Å². The van der Waals surface area contributed by atoms with Crippen LogP contribution in [0.25, 0.3) is 6.08 Å². The van der Waals surface area contributed by atoms with E-state index in [2.05, 4.69) is 4.74 Å². The lowest BCUT2D eigenvalue weighted by molar-refractivity contribution is -0.137. The molecule has 1 aromatic carbocycles. The van der Waals surface area contributed by atoms with E-state index in [-0.39, 0.29) is 28.8 Å². The van der Waals surface area contributed by atoms with Gasteiger partial charge in [0.2, 0.25) is 0 Å². The summed E-state index contributed by atoms with van der Waals surface area (Å²) in [5.41, 5.74) is 0.525. The third-order valence-corrected chi connectivity index (χ3v) is 4.50. The number of ether oxygens (including phenoxy) is 2. The fourth-order valence-corrected chi connectivity index (χ4v) is 3.33. The molecule has 0 saturated carbocycles. The third kappa shape index (κ3) is 4.89. The molecule has 25 heavy (non-hydrogen) atoms. The van der Waals surface area contributed by atoms with Crippen molar-refractivity contribution in [3.8, 4) is 11.5 Å². The Hall–Kier alpha value is -2.20. The predicted molar refractivity (Wildman–Crippen MR) is 91.8 cm³/mol. The molecule has 1 amide bonds. The van der Waals surface area contributed by atoms with Gasteiger partial charge in [-0.1, -0.05) is 30.0 Å². The van der Waals surface area contributed by atoms with Crippen molar-refractivity contribution in [2.24, 2.45) is 0 Å². The highest BCUT2D eigenvalue weighted by molar-refractivity contribution is 8.26. The van der Waals surface area contributed by atoms with Crippen LogP contribution in [0.1, 0.15) is 12.0 Å². The lowest BCUT2D eigenvalue weighted by Crippen LogP contribution is -2.30. The molecule has 10 heteroatoms. The number of nitrogens with zero attached hydrogens (tertiary/aromatic N) is 1. The van der Waals surface area contributed by atoms with Gasteiger partial charge < -0.3 is 14.6 Å². The van der Waals surface area contributed by atoms with Crippen molar-refractivity contribution >= 4 is 46.3 Å². The maximum Gasteiger partial charge on any atom is 0.387 e. The van der Waals surface area contributed by atoms with Gasteiger partial charge in [-0.2, -0.15) is 8.78 Å². The summed E-state index contributed by atoms with van der Waals surface area (Å²) >= 11 is 6.13. The van der Waals surface area contributed by atoms with Crippen LogP contribution in [0.15, 0.2) is 23.1 Å². The Bertz CT molecular complexity index is 739. The lowest BCUT2D eigenvalue weighted by Gasteiger charge is -2.12. The second kappa shape index (κ2) is 8.26. The molecule has 0 radical (unpaired) electrons. The second-order valence-corrected chi connectivity index (χ2v) is 6.44. The number of rotatable bonds is 7. The number of thiocarbonyl (C=S) groups is 1. The van der Waals surface area contributed by atoms with Crippen molar-refractivity contribution < 1.29 is 33.0 Å². The van der Waals surface area contributed by atoms with Gasteiger partial charge in [-0.3, -0.25) is 14.5 Å². The number of carbonyl (C=O) groups excluding carboxylic acids is 1. The zero-order valence-electron chi connectivity index (χ0n) is 12.9. The summed E-state index contributed by atoms with van der Waals surface area (Å²) in [6, 6.07) is 4.24. The van der Waals surface area contributed by atoms with Gasteiger partial charge in [-0.25, -0.2) is 0 Å². The van der Waals surface area contributed by atoms with Crippen LogP contribution in [0.2, 0.25) is 0 Å². The summed E-state index contributed by atoms with van der Waals surface area (Å²) in [7, 11) is 1.31. The number of hydrogen-bond donors (Lipinski definition) is 1. The number of aliphatic carboxylic acids is 1. The molecule has 134 valence electrons. The van der Waals surface area contributed by atoms with Gasteiger partial charge in [0.1, 0.15) is 4.32 Å². The van der Waals surface area contributed by atoms with Gasteiger partial charge in [0.25, 0.3) is 5.91 Å². The van der Waals surface area contributed by atoms with E-state index in [0.717, 1.165) is 11.8 Å². The normalized spacial score (nSPS) is 16.0. The molecule has 0 atom stereocenters. The Morgan fingerprint density at radius 2 is 2.16 bits per heavy atom. The van der Waals surface area contributed by atoms with E-state index in [1.165, 1.54) is 36.3 Å². The van der Waals surface area contributed by atoms with Crippen molar-refractivity contribution in [2.75, 3.05) is 13.7 Å². The fourth-order valence-electron chi connectivity index (χ4n) is 2.02. The largest absolute Gasteiger partial charge is 0.493 e. The van der Waals surface area contributed by atoms with Crippen molar-refractivity contribution in [1.82, 2.24) is 4.90 Å². The Morgan fingerprint density at radius 3 is 2.76 bits per heavy atom. The molecule has 1 heterocycles. The van der Waals surface area contributed by atoms with Crippen LogP contribution in [-0.4, -0.2) is 46.5 Å². The Kier molecular flexibility index (Phi) is 6.32. The maximum atomic E-state index is 12.3. The van der Waals surface area contributed by atoms with E-state index >= 15 is 0 Å². The van der Waals surface area contributed by atoms with Crippen molar-refractivity contribution in [2.45, 2.75) is 13.0 Å².